The molecule has 0 saturated heterocycles. The first-order valence-electron chi connectivity index (χ1n) is 15.7. The van der Waals surface area contributed by atoms with Crippen LogP contribution in [0, 0.1) is 0 Å². The molecule has 0 amide bonds. The number of allylic oxidation sites excluding steroid dienone is 4. The van der Waals surface area contributed by atoms with E-state index in [4.69, 9.17) is 0 Å². The summed E-state index contributed by atoms with van der Waals surface area (Å²) in [5, 5.41) is 0. The first-order chi connectivity index (χ1) is 20.9. The standard InChI is InChI=1S/C21H25.C15H12Br2.C5H5.2ClH.Zr/c1-20(2,3)16-9-7-14-11-15-8-10-17(21(4,5)6)13-19(15)18(14)12-16;16-14-8-4-12(5-9-14)2-1-3-13-6-10-15(17)11-7-13;1-2-4-5-3-1;;;/h7-13H,1-6H3;4-11H,2-3H2;1-3H,4H2;2*1H;. The van der Waals surface area contributed by atoms with Gasteiger partial charge in [-0.1, -0.05) is 0 Å². The van der Waals surface area contributed by atoms with Gasteiger partial charge in [0.15, 0.2) is 0 Å². The van der Waals surface area contributed by atoms with Crippen molar-refractivity contribution in [2.45, 2.75) is 75.3 Å². The van der Waals surface area contributed by atoms with Crippen LogP contribution in [0.25, 0.3) is 11.1 Å². The Hall–Kier alpha value is -1.35. The number of fused-ring (bicyclic) bond motifs is 3. The first kappa shape index (κ1) is 37.5. The zero-order valence-corrected chi connectivity index (χ0v) is 34.8. The Bertz CT molecular complexity index is 1690. The van der Waals surface area contributed by atoms with E-state index < -0.39 is 21.3 Å². The second-order valence-corrected chi connectivity index (χ2v) is 23.1. The van der Waals surface area contributed by atoms with Crippen LogP contribution in [0.1, 0.15) is 85.0 Å². The summed E-state index contributed by atoms with van der Waals surface area (Å²) in [6.07, 6.45) is 10.4. The topological polar surface area (TPSA) is 0 Å². The number of halogens is 4. The molecule has 0 spiro atoms. The minimum absolute atomic E-state index is 0. The Labute approximate surface area is 313 Å². The third-order valence-electron chi connectivity index (χ3n) is 9.20. The summed E-state index contributed by atoms with van der Waals surface area (Å²) in [7, 11) is 0. The predicted molar refractivity (Wildman–Crippen MR) is 208 cm³/mol. The van der Waals surface area contributed by atoms with E-state index in [0.717, 1.165) is 28.2 Å². The monoisotopic (exact) mass is 854 g/mol. The van der Waals surface area contributed by atoms with E-state index in [1.54, 1.807) is 17.6 Å². The number of benzene rings is 4. The second-order valence-electron chi connectivity index (χ2n) is 14.5. The van der Waals surface area contributed by atoms with Crippen LogP contribution in [0.5, 0.6) is 0 Å². The van der Waals surface area contributed by atoms with Crippen LogP contribution in [-0.4, -0.2) is 3.21 Å². The van der Waals surface area contributed by atoms with Crippen molar-refractivity contribution in [2.75, 3.05) is 0 Å². The maximum Gasteiger partial charge on any atom is -0.147 e. The summed E-state index contributed by atoms with van der Waals surface area (Å²) in [4.78, 5) is 0. The van der Waals surface area contributed by atoms with E-state index in [0.29, 0.717) is 3.63 Å². The van der Waals surface area contributed by atoms with Gasteiger partial charge in [-0.05, 0) is 0 Å². The maximum absolute atomic E-state index is 3.67. The molecule has 2 aliphatic carbocycles. The quantitative estimate of drug-likeness (QED) is 0.181. The molecule has 0 fully saturated rings. The average molecular weight is 859 g/mol. The van der Waals surface area contributed by atoms with E-state index in [1.807, 2.05) is 0 Å². The Kier molecular flexibility index (Phi) is 12.3. The zero-order valence-electron chi connectivity index (χ0n) is 27.6. The van der Waals surface area contributed by atoms with Crippen molar-refractivity contribution in [1.29, 1.82) is 0 Å². The van der Waals surface area contributed by atoms with E-state index in [2.05, 4.69) is 177 Å². The second kappa shape index (κ2) is 15.0. The van der Waals surface area contributed by atoms with Crippen molar-refractivity contribution in [3.8, 4) is 11.1 Å². The maximum atomic E-state index is 3.67. The number of hydrogen-bond donors (Lipinski definition) is 0. The SMILES string of the molecule is CC(C)(C)c1ccc2c(c1)-c1cc(C(C)(C)C)ccc1[CH]2[Zr]([C]1=CC=CC1)=[C](Cc1ccc(Br)cc1)Cc1ccc(Br)cc1.Cl.Cl. The van der Waals surface area contributed by atoms with Gasteiger partial charge in [-0.15, -0.1) is 24.8 Å². The smallest absolute Gasteiger partial charge is 0.147 e. The molecule has 46 heavy (non-hydrogen) atoms. The summed E-state index contributed by atoms with van der Waals surface area (Å²) in [5.41, 5.74) is 11.9. The molecule has 6 rings (SSSR count). The van der Waals surface area contributed by atoms with Gasteiger partial charge in [-0.25, -0.2) is 0 Å². The molecule has 0 aliphatic heterocycles. The fraction of sp³-hybridized carbons (Fsp3) is 0.293. The third-order valence-corrected chi connectivity index (χ3v) is 18.6. The van der Waals surface area contributed by atoms with Crippen LogP contribution in [0.15, 0.2) is 115 Å². The van der Waals surface area contributed by atoms with Crippen molar-refractivity contribution in [1.82, 2.24) is 0 Å². The summed E-state index contributed by atoms with van der Waals surface area (Å²) >= 11 is 4.79. The van der Waals surface area contributed by atoms with Gasteiger partial charge < -0.3 is 0 Å². The number of hydrogen-bond acceptors (Lipinski definition) is 0. The van der Waals surface area contributed by atoms with Crippen molar-refractivity contribution in [3.05, 3.63) is 149 Å². The number of rotatable bonds is 6. The minimum Gasteiger partial charge on any atom is -0.147 e. The minimum atomic E-state index is -2.55. The largest absolute Gasteiger partial charge is 0.147 e. The molecular weight excluding hydrogens is 814 g/mol. The summed E-state index contributed by atoms with van der Waals surface area (Å²) < 4.78 is 6.24. The average Bonchev–Trinajstić information content (AvgIpc) is 3.61. The molecule has 0 radical (unpaired) electrons. The molecule has 0 N–H and O–H groups in total. The predicted octanol–water partition coefficient (Wildman–Crippen LogP) is 12.8. The molecule has 0 saturated carbocycles. The van der Waals surface area contributed by atoms with Crippen molar-refractivity contribution >= 4 is 59.9 Å². The van der Waals surface area contributed by atoms with Crippen LogP contribution < -0.4 is 0 Å². The van der Waals surface area contributed by atoms with Crippen LogP contribution in [-0.2, 0) is 44.9 Å². The van der Waals surface area contributed by atoms with Gasteiger partial charge in [0, 0.05) is 0 Å². The van der Waals surface area contributed by atoms with Crippen LogP contribution in [0.2, 0.25) is 0 Å². The normalized spacial score (nSPS) is 13.8. The fourth-order valence-corrected chi connectivity index (χ4v) is 16.5. The first-order valence-corrected chi connectivity index (χ1v) is 21.2. The van der Waals surface area contributed by atoms with E-state index >= 15 is 0 Å². The van der Waals surface area contributed by atoms with Gasteiger partial charge in [0.2, 0.25) is 0 Å². The van der Waals surface area contributed by atoms with Gasteiger partial charge in [0.25, 0.3) is 0 Å². The Morgan fingerprint density at radius 2 is 1.09 bits per heavy atom. The van der Waals surface area contributed by atoms with Gasteiger partial charge >= 0.3 is 291 Å². The van der Waals surface area contributed by atoms with Crippen molar-refractivity contribution in [3.63, 3.8) is 0 Å². The van der Waals surface area contributed by atoms with Crippen LogP contribution in [0.4, 0.5) is 0 Å². The molecule has 0 atom stereocenters. The molecule has 240 valence electrons. The van der Waals surface area contributed by atoms with Crippen molar-refractivity contribution in [2.24, 2.45) is 0 Å². The van der Waals surface area contributed by atoms with Crippen LogP contribution in [0.3, 0.4) is 0 Å². The Morgan fingerprint density at radius 1 is 0.652 bits per heavy atom. The van der Waals surface area contributed by atoms with Gasteiger partial charge in [0.1, 0.15) is 0 Å². The zero-order chi connectivity index (χ0) is 31.2. The third kappa shape index (κ3) is 8.09. The molecular formula is C41H44Br2Cl2Zr. The Balaban J connectivity index is 0.00000240. The summed E-state index contributed by atoms with van der Waals surface area (Å²) in [6.45, 7) is 14.0. The molecule has 4 aromatic carbocycles. The van der Waals surface area contributed by atoms with Crippen LogP contribution >= 0.6 is 56.7 Å². The van der Waals surface area contributed by atoms with Gasteiger partial charge in [0.05, 0.1) is 0 Å². The summed E-state index contributed by atoms with van der Waals surface area (Å²) in [5.74, 6) is 0. The Morgan fingerprint density at radius 3 is 1.46 bits per heavy atom. The molecule has 0 unspecified atom stereocenters. The van der Waals surface area contributed by atoms with E-state index in [1.165, 1.54) is 33.4 Å². The molecule has 2 aliphatic rings. The van der Waals surface area contributed by atoms with Gasteiger partial charge in [-0.2, -0.15) is 0 Å². The van der Waals surface area contributed by atoms with E-state index in [-0.39, 0.29) is 35.6 Å². The molecule has 5 heteroatoms. The molecule has 0 heterocycles. The molecule has 0 aromatic heterocycles. The van der Waals surface area contributed by atoms with Crippen molar-refractivity contribution < 1.29 is 21.3 Å². The van der Waals surface area contributed by atoms with E-state index in [9.17, 15) is 0 Å². The molecule has 0 nitrogen and oxygen atoms in total. The fourth-order valence-electron chi connectivity index (χ4n) is 6.71. The molecule has 0 bridgehead atoms. The summed E-state index contributed by atoms with van der Waals surface area (Å²) in [6, 6.07) is 33.0. The molecule has 4 aromatic rings. The van der Waals surface area contributed by atoms with Gasteiger partial charge in [-0.3, -0.25) is 0 Å².